The Hall–Kier alpha value is -2.17. The van der Waals surface area contributed by atoms with Gasteiger partial charge >= 0.3 is 0 Å². The number of nitrogens with one attached hydrogen (secondary N) is 1. The zero-order valence-electron chi connectivity index (χ0n) is 10.2. The Morgan fingerprint density at radius 2 is 2.16 bits per heavy atom. The van der Waals surface area contributed by atoms with Gasteiger partial charge in [0.2, 0.25) is 0 Å². The fourth-order valence-electron chi connectivity index (χ4n) is 1.98. The Balaban J connectivity index is 1.79. The maximum Gasteiger partial charge on any atom is 0.273 e. The van der Waals surface area contributed by atoms with E-state index in [1.54, 1.807) is 18.2 Å². The molecule has 1 amide bonds. The largest absolute Gasteiger partial charge is 0.355 e. The van der Waals surface area contributed by atoms with E-state index >= 15 is 0 Å². The van der Waals surface area contributed by atoms with Gasteiger partial charge in [-0.05, 0) is 31.4 Å². The van der Waals surface area contributed by atoms with E-state index < -0.39 is 5.82 Å². The molecule has 5 heteroatoms. The zero-order chi connectivity index (χ0) is 13.2. The molecule has 19 heavy (non-hydrogen) atoms. The first-order chi connectivity index (χ1) is 9.24. The summed E-state index contributed by atoms with van der Waals surface area (Å²) in [5, 5.41) is 6.55. The maximum atomic E-state index is 13.6. The Morgan fingerprint density at radius 3 is 2.84 bits per heavy atom. The molecular weight excluding hydrogens is 247 g/mol. The summed E-state index contributed by atoms with van der Waals surface area (Å²) >= 11 is 0. The maximum absolute atomic E-state index is 13.6. The number of benzene rings is 1. The van der Waals surface area contributed by atoms with Crippen molar-refractivity contribution in [2.45, 2.75) is 25.3 Å². The number of hydrogen-bond acceptors (Lipinski definition) is 3. The van der Waals surface area contributed by atoms with Crippen LogP contribution in [0.3, 0.4) is 0 Å². The predicted molar refractivity (Wildman–Crippen MR) is 67.0 cm³/mol. The van der Waals surface area contributed by atoms with Crippen LogP contribution in [-0.4, -0.2) is 17.1 Å². The van der Waals surface area contributed by atoms with Crippen molar-refractivity contribution in [1.82, 2.24) is 10.5 Å². The van der Waals surface area contributed by atoms with Gasteiger partial charge < -0.3 is 9.84 Å². The fourth-order valence-corrected chi connectivity index (χ4v) is 1.98. The third-order valence-electron chi connectivity index (χ3n) is 3.32. The second-order valence-corrected chi connectivity index (χ2v) is 4.66. The van der Waals surface area contributed by atoms with E-state index in [4.69, 9.17) is 4.52 Å². The highest BCUT2D eigenvalue weighted by Crippen LogP contribution is 2.24. The molecule has 1 aliphatic carbocycles. The van der Waals surface area contributed by atoms with Crippen molar-refractivity contribution in [3.05, 3.63) is 41.8 Å². The smallest absolute Gasteiger partial charge is 0.273 e. The summed E-state index contributed by atoms with van der Waals surface area (Å²) < 4.78 is 18.6. The second kappa shape index (κ2) is 4.84. The molecule has 1 aromatic heterocycles. The molecule has 1 aromatic carbocycles. The number of rotatable bonds is 3. The first-order valence-corrected chi connectivity index (χ1v) is 6.26. The molecular formula is C14H13FN2O2. The number of aromatic nitrogens is 1. The molecule has 1 heterocycles. The average molecular weight is 260 g/mol. The van der Waals surface area contributed by atoms with Gasteiger partial charge in [0, 0.05) is 12.1 Å². The van der Waals surface area contributed by atoms with E-state index in [0.717, 1.165) is 19.3 Å². The Morgan fingerprint density at radius 1 is 1.37 bits per heavy atom. The van der Waals surface area contributed by atoms with Crippen LogP contribution in [0.5, 0.6) is 0 Å². The van der Waals surface area contributed by atoms with E-state index in [2.05, 4.69) is 10.5 Å². The third kappa shape index (κ3) is 2.36. The molecule has 1 N–H and O–H groups in total. The van der Waals surface area contributed by atoms with Crippen molar-refractivity contribution in [3.8, 4) is 11.3 Å². The van der Waals surface area contributed by atoms with Crippen LogP contribution in [-0.2, 0) is 0 Å². The molecule has 0 saturated heterocycles. The van der Waals surface area contributed by atoms with Crippen molar-refractivity contribution in [2.75, 3.05) is 0 Å². The Bertz CT molecular complexity index is 605. The summed E-state index contributed by atoms with van der Waals surface area (Å²) in [6, 6.07) is 7.93. The Labute approximate surface area is 109 Å². The summed E-state index contributed by atoms with van der Waals surface area (Å²) in [5.74, 6) is -0.405. The molecule has 0 atom stereocenters. The highest BCUT2D eigenvalue weighted by Gasteiger charge is 2.22. The van der Waals surface area contributed by atoms with E-state index in [9.17, 15) is 9.18 Å². The van der Waals surface area contributed by atoms with Crippen LogP contribution in [0.2, 0.25) is 0 Å². The summed E-state index contributed by atoms with van der Waals surface area (Å²) in [6.45, 7) is 0. The summed E-state index contributed by atoms with van der Waals surface area (Å²) in [7, 11) is 0. The minimum atomic E-state index is -0.399. The number of nitrogens with zero attached hydrogens (tertiary/aromatic N) is 1. The van der Waals surface area contributed by atoms with E-state index in [0.29, 0.717) is 5.56 Å². The van der Waals surface area contributed by atoms with E-state index in [1.807, 2.05) is 0 Å². The van der Waals surface area contributed by atoms with Crippen LogP contribution in [0.4, 0.5) is 4.39 Å². The molecule has 1 aliphatic rings. The van der Waals surface area contributed by atoms with Gasteiger partial charge in [-0.25, -0.2) is 4.39 Å². The predicted octanol–water partition coefficient (Wildman–Crippen LogP) is 2.76. The molecule has 0 radical (unpaired) electrons. The topological polar surface area (TPSA) is 55.1 Å². The SMILES string of the molecule is O=C(NC1CCC1)c1cc(-c2ccccc2F)on1. The van der Waals surface area contributed by atoms with Crippen molar-refractivity contribution in [1.29, 1.82) is 0 Å². The van der Waals surface area contributed by atoms with Gasteiger partial charge in [0.15, 0.2) is 11.5 Å². The fraction of sp³-hybridized carbons (Fsp3) is 0.286. The number of hydrogen-bond donors (Lipinski definition) is 1. The molecule has 2 aromatic rings. The van der Waals surface area contributed by atoms with Gasteiger partial charge in [-0.15, -0.1) is 0 Å². The van der Waals surface area contributed by atoms with Crippen molar-refractivity contribution in [2.24, 2.45) is 0 Å². The van der Waals surface area contributed by atoms with Gasteiger partial charge in [0.05, 0.1) is 5.56 Å². The summed E-state index contributed by atoms with van der Waals surface area (Å²) in [6.07, 6.45) is 3.15. The molecule has 1 saturated carbocycles. The van der Waals surface area contributed by atoms with Crippen LogP contribution in [0, 0.1) is 5.82 Å². The second-order valence-electron chi connectivity index (χ2n) is 4.66. The van der Waals surface area contributed by atoms with Crippen LogP contribution in [0.15, 0.2) is 34.9 Å². The van der Waals surface area contributed by atoms with Gasteiger partial charge in [-0.2, -0.15) is 0 Å². The summed E-state index contributed by atoms with van der Waals surface area (Å²) in [4.78, 5) is 11.9. The quantitative estimate of drug-likeness (QED) is 0.923. The number of carbonyl (C=O) groups is 1. The minimum Gasteiger partial charge on any atom is -0.355 e. The van der Waals surface area contributed by atoms with Crippen LogP contribution < -0.4 is 5.32 Å². The molecule has 0 spiro atoms. The normalized spacial score (nSPS) is 15.0. The highest BCUT2D eigenvalue weighted by molar-refractivity contribution is 5.93. The molecule has 4 nitrogen and oxygen atoms in total. The lowest BCUT2D eigenvalue weighted by atomic mass is 9.93. The first kappa shape index (κ1) is 11.9. The average Bonchev–Trinajstić information content (AvgIpc) is 2.83. The standard InChI is InChI=1S/C14H13FN2O2/c15-11-7-2-1-6-10(11)13-8-12(17-19-13)14(18)16-9-4-3-5-9/h1-2,6-9H,3-5H2,(H,16,18). The highest BCUT2D eigenvalue weighted by atomic mass is 19.1. The molecule has 98 valence electrons. The van der Waals surface area contributed by atoms with Crippen LogP contribution in [0.1, 0.15) is 29.8 Å². The lowest BCUT2D eigenvalue weighted by Gasteiger charge is -2.25. The van der Waals surface area contributed by atoms with E-state index in [1.165, 1.54) is 12.1 Å². The number of halogens is 1. The molecule has 0 unspecified atom stereocenters. The molecule has 3 rings (SSSR count). The van der Waals surface area contributed by atoms with Crippen LogP contribution in [0.25, 0.3) is 11.3 Å². The monoisotopic (exact) mass is 260 g/mol. The molecule has 0 bridgehead atoms. The third-order valence-corrected chi connectivity index (χ3v) is 3.32. The lowest BCUT2D eigenvalue weighted by molar-refractivity contribution is 0.0908. The van der Waals surface area contributed by atoms with Gasteiger partial charge in [0.25, 0.3) is 5.91 Å². The number of carbonyl (C=O) groups excluding carboxylic acids is 1. The van der Waals surface area contributed by atoms with Gasteiger partial charge in [-0.3, -0.25) is 4.79 Å². The van der Waals surface area contributed by atoms with Crippen molar-refractivity contribution in [3.63, 3.8) is 0 Å². The molecule has 1 fully saturated rings. The van der Waals surface area contributed by atoms with Gasteiger partial charge in [-0.1, -0.05) is 17.3 Å². The Kier molecular flexibility index (Phi) is 3.03. The summed E-state index contributed by atoms with van der Waals surface area (Å²) in [5.41, 5.74) is 0.489. The van der Waals surface area contributed by atoms with Gasteiger partial charge in [0.1, 0.15) is 5.82 Å². The van der Waals surface area contributed by atoms with Crippen molar-refractivity contribution >= 4 is 5.91 Å². The zero-order valence-corrected chi connectivity index (χ0v) is 10.2. The minimum absolute atomic E-state index is 0.185. The van der Waals surface area contributed by atoms with Crippen LogP contribution >= 0.6 is 0 Å². The van der Waals surface area contributed by atoms with Crippen molar-refractivity contribution < 1.29 is 13.7 Å². The number of amides is 1. The molecule has 0 aliphatic heterocycles. The van der Waals surface area contributed by atoms with E-state index in [-0.39, 0.29) is 23.4 Å². The lowest BCUT2D eigenvalue weighted by Crippen LogP contribution is -2.39. The first-order valence-electron chi connectivity index (χ1n) is 6.26.